The minimum absolute atomic E-state index is 0.0313. The number of hydrogen-bond donors (Lipinski definition) is 0. The van der Waals surface area contributed by atoms with Crippen molar-refractivity contribution in [3.8, 4) is 11.5 Å². The number of nitro benzene ring substituents is 1. The van der Waals surface area contributed by atoms with Crippen LogP contribution in [0.15, 0.2) is 30.3 Å². The SMILES string of the molecule is Cc1cc(C)c([N+](=O)[O-])cc1Oc1ccc(CBr)cc1Cl. The molecule has 0 fully saturated rings. The van der Waals surface area contributed by atoms with Crippen LogP contribution in [0.25, 0.3) is 0 Å². The quantitative estimate of drug-likeness (QED) is 0.402. The summed E-state index contributed by atoms with van der Waals surface area (Å²) in [6, 6.07) is 8.59. The molecule has 4 nitrogen and oxygen atoms in total. The minimum Gasteiger partial charge on any atom is -0.455 e. The first-order valence-corrected chi connectivity index (χ1v) is 7.70. The second-order valence-electron chi connectivity index (χ2n) is 4.66. The lowest BCUT2D eigenvalue weighted by Crippen LogP contribution is -1.96. The van der Waals surface area contributed by atoms with Crippen LogP contribution in [-0.4, -0.2) is 4.92 Å². The van der Waals surface area contributed by atoms with Gasteiger partial charge in [0.15, 0.2) is 0 Å². The molecule has 0 aliphatic carbocycles. The van der Waals surface area contributed by atoms with Crippen molar-refractivity contribution < 1.29 is 9.66 Å². The Balaban J connectivity index is 2.39. The summed E-state index contributed by atoms with van der Waals surface area (Å²) in [6.45, 7) is 3.54. The lowest BCUT2D eigenvalue weighted by molar-refractivity contribution is -0.385. The Bertz CT molecular complexity index is 704. The van der Waals surface area contributed by atoms with E-state index >= 15 is 0 Å². The second-order valence-corrected chi connectivity index (χ2v) is 5.63. The minimum atomic E-state index is -0.419. The molecule has 6 heteroatoms. The van der Waals surface area contributed by atoms with E-state index in [9.17, 15) is 10.1 Å². The molecule has 0 aliphatic rings. The normalized spacial score (nSPS) is 10.5. The van der Waals surface area contributed by atoms with Gasteiger partial charge in [-0.25, -0.2) is 0 Å². The molecule has 0 unspecified atom stereocenters. The topological polar surface area (TPSA) is 52.4 Å². The fourth-order valence-electron chi connectivity index (χ4n) is 1.96. The first kappa shape index (κ1) is 15.8. The molecule has 110 valence electrons. The summed E-state index contributed by atoms with van der Waals surface area (Å²) in [6.07, 6.45) is 0. The molecule has 2 aromatic carbocycles. The van der Waals surface area contributed by atoms with Crippen molar-refractivity contribution >= 4 is 33.2 Å². The van der Waals surface area contributed by atoms with Gasteiger partial charge < -0.3 is 4.74 Å². The molecule has 21 heavy (non-hydrogen) atoms. The molecule has 0 spiro atoms. The van der Waals surface area contributed by atoms with Gasteiger partial charge in [0.1, 0.15) is 11.5 Å². The van der Waals surface area contributed by atoms with E-state index in [1.165, 1.54) is 6.07 Å². The fraction of sp³-hybridized carbons (Fsp3) is 0.200. The largest absolute Gasteiger partial charge is 0.455 e. The van der Waals surface area contributed by atoms with Gasteiger partial charge in [-0.05, 0) is 43.2 Å². The zero-order valence-corrected chi connectivity index (χ0v) is 13.9. The highest BCUT2D eigenvalue weighted by Crippen LogP contribution is 2.35. The van der Waals surface area contributed by atoms with Crippen LogP contribution in [0.3, 0.4) is 0 Å². The van der Waals surface area contributed by atoms with Crippen molar-refractivity contribution in [1.29, 1.82) is 0 Å². The zero-order chi connectivity index (χ0) is 15.6. The van der Waals surface area contributed by atoms with Gasteiger partial charge in [-0.1, -0.05) is 33.6 Å². The van der Waals surface area contributed by atoms with Gasteiger partial charge >= 0.3 is 0 Å². The van der Waals surface area contributed by atoms with Crippen LogP contribution in [0, 0.1) is 24.0 Å². The fourth-order valence-corrected chi connectivity index (χ4v) is 2.55. The molecular formula is C15H13BrClNO3. The predicted molar refractivity (Wildman–Crippen MR) is 86.7 cm³/mol. The maximum atomic E-state index is 11.0. The Kier molecular flexibility index (Phi) is 4.85. The third kappa shape index (κ3) is 3.54. The van der Waals surface area contributed by atoms with Crippen LogP contribution in [0.2, 0.25) is 5.02 Å². The smallest absolute Gasteiger partial charge is 0.276 e. The van der Waals surface area contributed by atoms with Crippen molar-refractivity contribution in [1.82, 2.24) is 0 Å². The van der Waals surface area contributed by atoms with Crippen LogP contribution in [-0.2, 0) is 5.33 Å². The van der Waals surface area contributed by atoms with Crippen LogP contribution in [0.5, 0.6) is 11.5 Å². The van der Waals surface area contributed by atoms with E-state index in [0.717, 1.165) is 11.1 Å². The number of halogens is 2. The van der Waals surface area contributed by atoms with E-state index in [4.69, 9.17) is 16.3 Å². The standard InChI is InChI=1S/C15H13BrClNO3/c1-9-5-10(2)15(7-13(9)18(19)20)21-14-4-3-11(8-16)6-12(14)17/h3-7H,8H2,1-2H3. The van der Waals surface area contributed by atoms with Crippen molar-refractivity contribution in [2.45, 2.75) is 19.2 Å². The first-order chi connectivity index (χ1) is 9.92. The number of ether oxygens (including phenoxy) is 1. The van der Waals surface area contributed by atoms with Gasteiger partial charge in [0, 0.05) is 10.9 Å². The number of alkyl halides is 1. The molecule has 0 atom stereocenters. The third-order valence-electron chi connectivity index (χ3n) is 3.06. The molecule has 0 heterocycles. The van der Waals surface area contributed by atoms with Crippen molar-refractivity contribution in [2.24, 2.45) is 0 Å². The molecule has 2 rings (SSSR count). The molecule has 2 aromatic rings. The Hall–Kier alpha value is -1.59. The van der Waals surface area contributed by atoms with Crippen molar-refractivity contribution in [2.75, 3.05) is 0 Å². The molecule has 0 radical (unpaired) electrons. The molecule has 0 N–H and O–H groups in total. The van der Waals surface area contributed by atoms with E-state index in [1.54, 1.807) is 25.1 Å². The van der Waals surface area contributed by atoms with Gasteiger partial charge in [0.25, 0.3) is 5.69 Å². The summed E-state index contributed by atoms with van der Waals surface area (Å²) in [7, 11) is 0. The first-order valence-electron chi connectivity index (χ1n) is 6.20. The van der Waals surface area contributed by atoms with Crippen LogP contribution < -0.4 is 4.74 Å². The average molecular weight is 371 g/mol. The maximum Gasteiger partial charge on any atom is 0.276 e. The van der Waals surface area contributed by atoms with Crippen LogP contribution in [0.4, 0.5) is 5.69 Å². The number of aryl methyl sites for hydroxylation is 2. The number of hydrogen-bond acceptors (Lipinski definition) is 3. The highest BCUT2D eigenvalue weighted by Gasteiger charge is 2.15. The molecule has 0 saturated carbocycles. The third-order valence-corrected chi connectivity index (χ3v) is 4.00. The lowest BCUT2D eigenvalue weighted by Gasteiger charge is -2.11. The average Bonchev–Trinajstić information content (AvgIpc) is 2.43. The van der Waals surface area contributed by atoms with E-state index in [-0.39, 0.29) is 5.69 Å². The highest BCUT2D eigenvalue weighted by atomic mass is 79.9. The van der Waals surface area contributed by atoms with Crippen molar-refractivity contribution in [3.63, 3.8) is 0 Å². The predicted octanol–water partition coefficient (Wildman–Crippen LogP) is 5.55. The summed E-state index contributed by atoms with van der Waals surface area (Å²) < 4.78 is 5.73. The molecule has 0 aromatic heterocycles. The monoisotopic (exact) mass is 369 g/mol. The number of nitro groups is 1. The van der Waals surface area contributed by atoms with E-state index < -0.39 is 4.92 Å². The van der Waals surface area contributed by atoms with Crippen molar-refractivity contribution in [3.05, 3.63) is 62.2 Å². The Morgan fingerprint density at radius 3 is 2.48 bits per heavy atom. The number of rotatable bonds is 4. The van der Waals surface area contributed by atoms with E-state index in [2.05, 4.69) is 15.9 Å². The Labute approximate surface area is 136 Å². The molecule has 0 saturated heterocycles. The Morgan fingerprint density at radius 1 is 1.19 bits per heavy atom. The summed E-state index contributed by atoms with van der Waals surface area (Å²) in [5.41, 5.74) is 2.48. The summed E-state index contributed by atoms with van der Waals surface area (Å²) in [5, 5.41) is 12.2. The lowest BCUT2D eigenvalue weighted by atomic mass is 10.1. The molecule has 0 amide bonds. The maximum absolute atomic E-state index is 11.0. The van der Waals surface area contributed by atoms with Gasteiger partial charge in [-0.3, -0.25) is 10.1 Å². The summed E-state index contributed by atoms with van der Waals surface area (Å²) in [4.78, 5) is 10.6. The zero-order valence-electron chi connectivity index (χ0n) is 11.5. The van der Waals surface area contributed by atoms with Gasteiger partial charge in [-0.15, -0.1) is 0 Å². The summed E-state index contributed by atoms with van der Waals surface area (Å²) >= 11 is 9.52. The van der Waals surface area contributed by atoms with Gasteiger partial charge in [-0.2, -0.15) is 0 Å². The van der Waals surface area contributed by atoms with E-state index in [0.29, 0.717) is 27.4 Å². The van der Waals surface area contributed by atoms with Crippen LogP contribution in [0.1, 0.15) is 16.7 Å². The van der Waals surface area contributed by atoms with Gasteiger partial charge in [0.05, 0.1) is 16.0 Å². The number of benzene rings is 2. The van der Waals surface area contributed by atoms with Crippen LogP contribution >= 0.6 is 27.5 Å². The van der Waals surface area contributed by atoms with E-state index in [1.807, 2.05) is 13.0 Å². The molecular weight excluding hydrogens is 358 g/mol. The number of nitrogens with zero attached hydrogens (tertiary/aromatic N) is 1. The molecule has 0 bridgehead atoms. The summed E-state index contributed by atoms with van der Waals surface area (Å²) in [5.74, 6) is 0.906. The highest BCUT2D eigenvalue weighted by molar-refractivity contribution is 9.08. The Morgan fingerprint density at radius 2 is 1.90 bits per heavy atom. The molecule has 0 aliphatic heterocycles. The second kappa shape index (κ2) is 6.45. The van der Waals surface area contributed by atoms with Gasteiger partial charge in [0.2, 0.25) is 0 Å².